The van der Waals surface area contributed by atoms with Gasteiger partial charge in [-0.15, -0.1) is 0 Å². The average Bonchev–Trinajstić information content (AvgIpc) is 2.71. The molecule has 0 spiro atoms. The molecule has 6 nitrogen and oxygen atoms in total. The summed E-state index contributed by atoms with van der Waals surface area (Å²) in [5.41, 5.74) is 4.56. The average molecular weight is 375 g/mol. The van der Waals surface area contributed by atoms with Crippen molar-refractivity contribution in [2.75, 3.05) is 17.7 Å². The molecule has 0 saturated heterocycles. The number of esters is 1. The maximum Gasteiger partial charge on any atom is 0.337 e. The minimum Gasteiger partial charge on any atom is -0.465 e. The maximum atomic E-state index is 12.6. The quantitative estimate of drug-likeness (QED) is 0.643. The fraction of sp³-hybridized carbons (Fsp3) is 0.136. The molecule has 142 valence electrons. The second-order valence-electron chi connectivity index (χ2n) is 6.40. The number of rotatable bonds is 5. The molecule has 0 atom stereocenters. The zero-order valence-corrected chi connectivity index (χ0v) is 15.9. The van der Waals surface area contributed by atoms with Gasteiger partial charge >= 0.3 is 5.97 Å². The number of aryl methyl sites for hydroxylation is 2. The van der Waals surface area contributed by atoms with Gasteiger partial charge in [0, 0.05) is 23.1 Å². The number of aromatic nitrogens is 1. The van der Waals surface area contributed by atoms with Crippen LogP contribution in [0.4, 0.5) is 17.2 Å². The molecule has 2 aromatic carbocycles. The van der Waals surface area contributed by atoms with E-state index in [1.165, 1.54) is 7.11 Å². The molecule has 0 aliphatic heterocycles. The summed E-state index contributed by atoms with van der Waals surface area (Å²) in [6, 6.07) is 16.1. The van der Waals surface area contributed by atoms with E-state index in [4.69, 9.17) is 0 Å². The lowest BCUT2D eigenvalue weighted by Gasteiger charge is -2.11. The number of amides is 1. The zero-order valence-electron chi connectivity index (χ0n) is 15.9. The molecule has 0 fully saturated rings. The van der Waals surface area contributed by atoms with Gasteiger partial charge in [0.15, 0.2) is 0 Å². The van der Waals surface area contributed by atoms with Crippen LogP contribution in [-0.2, 0) is 4.74 Å². The monoisotopic (exact) mass is 375 g/mol. The summed E-state index contributed by atoms with van der Waals surface area (Å²) < 4.78 is 4.68. The number of nitrogens with zero attached hydrogens (tertiary/aromatic N) is 1. The SMILES string of the molecule is COC(=O)c1ccc(Nc2cc(C(=O)Nc3cc(C)ccc3C)ccn2)cc1. The molecule has 3 aromatic rings. The Balaban J connectivity index is 1.74. The van der Waals surface area contributed by atoms with E-state index in [1.807, 2.05) is 32.0 Å². The standard InChI is InChI=1S/C22H21N3O3/c1-14-4-5-15(2)19(12-14)25-21(26)17-10-11-23-20(13-17)24-18-8-6-16(7-9-18)22(27)28-3/h4-13H,1-3H3,(H,23,24)(H,25,26). The molecule has 0 saturated carbocycles. The third kappa shape index (κ3) is 4.54. The predicted octanol–water partition coefficient (Wildman–Crippen LogP) is 4.48. The van der Waals surface area contributed by atoms with Crippen LogP contribution in [0.2, 0.25) is 0 Å². The van der Waals surface area contributed by atoms with Crippen LogP contribution < -0.4 is 10.6 Å². The van der Waals surface area contributed by atoms with Crippen molar-refractivity contribution in [3.05, 3.63) is 83.0 Å². The second-order valence-corrected chi connectivity index (χ2v) is 6.40. The first-order valence-electron chi connectivity index (χ1n) is 8.76. The Morgan fingerprint density at radius 1 is 0.929 bits per heavy atom. The van der Waals surface area contributed by atoms with Gasteiger partial charge in [-0.05, 0) is 67.4 Å². The van der Waals surface area contributed by atoms with Gasteiger partial charge in [-0.25, -0.2) is 9.78 Å². The van der Waals surface area contributed by atoms with Crippen molar-refractivity contribution in [3.63, 3.8) is 0 Å². The van der Waals surface area contributed by atoms with E-state index in [0.717, 1.165) is 22.5 Å². The highest BCUT2D eigenvalue weighted by atomic mass is 16.5. The van der Waals surface area contributed by atoms with Gasteiger partial charge in [-0.1, -0.05) is 12.1 Å². The first-order chi connectivity index (χ1) is 13.5. The summed E-state index contributed by atoms with van der Waals surface area (Å²) >= 11 is 0. The van der Waals surface area contributed by atoms with Crippen LogP contribution in [0.25, 0.3) is 0 Å². The highest BCUT2D eigenvalue weighted by Gasteiger charge is 2.10. The Kier molecular flexibility index (Phi) is 5.69. The van der Waals surface area contributed by atoms with Gasteiger partial charge in [-0.2, -0.15) is 0 Å². The van der Waals surface area contributed by atoms with Crippen molar-refractivity contribution in [2.45, 2.75) is 13.8 Å². The molecule has 1 amide bonds. The van der Waals surface area contributed by atoms with Crippen molar-refractivity contribution in [1.82, 2.24) is 4.98 Å². The lowest BCUT2D eigenvalue weighted by atomic mass is 10.1. The normalized spacial score (nSPS) is 10.2. The number of benzene rings is 2. The number of anilines is 3. The van der Waals surface area contributed by atoms with Crippen molar-refractivity contribution in [3.8, 4) is 0 Å². The topological polar surface area (TPSA) is 80.3 Å². The number of pyridine rings is 1. The molecule has 0 aliphatic rings. The van der Waals surface area contributed by atoms with E-state index in [-0.39, 0.29) is 5.91 Å². The molecule has 6 heteroatoms. The van der Waals surface area contributed by atoms with E-state index in [9.17, 15) is 9.59 Å². The second kappa shape index (κ2) is 8.35. The van der Waals surface area contributed by atoms with E-state index < -0.39 is 5.97 Å². The van der Waals surface area contributed by atoms with Crippen molar-refractivity contribution in [2.24, 2.45) is 0 Å². The number of hydrogen-bond donors (Lipinski definition) is 2. The molecule has 1 heterocycles. The highest BCUT2D eigenvalue weighted by Crippen LogP contribution is 2.20. The van der Waals surface area contributed by atoms with Gasteiger partial charge in [0.05, 0.1) is 12.7 Å². The van der Waals surface area contributed by atoms with Crippen molar-refractivity contribution < 1.29 is 14.3 Å². The lowest BCUT2D eigenvalue weighted by molar-refractivity contribution is 0.0600. The summed E-state index contributed by atoms with van der Waals surface area (Å²) in [6.45, 7) is 3.93. The Labute approximate surface area is 163 Å². The molecule has 2 N–H and O–H groups in total. The van der Waals surface area contributed by atoms with Gasteiger partial charge in [0.2, 0.25) is 0 Å². The van der Waals surface area contributed by atoms with E-state index in [1.54, 1.807) is 42.6 Å². The maximum absolute atomic E-state index is 12.6. The molecule has 0 aliphatic carbocycles. The largest absolute Gasteiger partial charge is 0.465 e. The first kappa shape index (κ1) is 19.1. The number of methoxy groups -OCH3 is 1. The Morgan fingerprint density at radius 2 is 1.68 bits per heavy atom. The Hall–Kier alpha value is -3.67. The number of carbonyl (C=O) groups is 2. The molecular weight excluding hydrogens is 354 g/mol. The van der Waals surface area contributed by atoms with Crippen LogP contribution in [0.5, 0.6) is 0 Å². The van der Waals surface area contributed by atoms with E-state index in [2.05, 4.69) is 20.4 Å². The third-order valence-corrected chi connectivity index (χ3v) is 4.24. The summed E-state index contributed by atoms with van der Waals surface area (Å²) in [5.74, 6) is -0.0746. The van der Waals surface area contributed by atoms with Crippen LogP contribution in [0, 0.1) is 13.8 Å². The number of ether oxygens (including phenoxy) is 1. The van der Waals surface area contributed by atoms with Gasteiger partial charge in [0.1, 0.15) is 5.82 Å². The highest BCUT2D eigenvalue weighted by molar-refractivity contribution is 6.05. The number of hydrogen-bond acceptors (Lipinski definition) is 5. The molecule has 3 rings (SSSR count). The third-order valence-electron chi connectivity index (χ3n) is 4.24. The van der Waals surface area contributed by atoms with Crippen LogP contribution in [0.15, 0.2) is 60.8 Å². The Bertz CT molecular complexity index is 1010. The molecule has 1 aromatic heterocycles. The molecular formula is C22H21N3O3. The number of nitrogens with one attached hydrogen (secondary N) is 2. The minimum absolute atomic E-state index is 0.208. The van der Waals surface area contributed by atoms with Gasteiger partial charge in [0.25, 0.3) is 5.91 Å². The molecule has 0 bridgehead atoms. The molecule has 28 heavy (non-hydrogen) atoms. The van der Waals surface area contributed by atoms with Gasteiger partial charge in [-0.3, -0.25) is 4.79 Å². The fourth-order valence-electron chi connectivity index (χ4n) is 2.66. The van der Waals surface area contributed by atoms with E-state index in [0.29, 0.717) is 16.9 Å². The first-order valence-corrected chi connectivity index (χ1v) is 8.76. The summed E-state index contributed by atoms with van der Waals surface area (Å²) in [5, 5.41) is 6.06. The van der Waals surface area contributed by atoms with Crippen molar-refractivity contribution in [1.29, 1.82) is 0 Å². The summed E-state index contributed by atoms with van der Waals surface area (Å²) in [6.07, 6.45) is 1.57. The van der Waals surface area contributed by atoms with Crippen LogP contribution >= 0.6 is 0 Å². The molecule has 0 radical (unpaired) electrons. The predicted molar refractivity (Wildman–Crippen MR) is 109 cm³/mol. The smallest absolute Gasteiger partial charge is 0.337 e. The zero-order chi connectivity index (χ0) is 20.1. The minimum atomic E-state index is -0.394. The van der Waals surface area contributed by atoms with Crippen LogP contribution in [-0.4, -0.2) is 24.0 Å². The Morgan fingerprint density at radius 3 is 2.39 bits per heavy atom. The molecule has 0 unspecified atom stereocenters. The van der Waals surface area contributed by atoms with Crippen molar-refractivity contribution >= 4 is 29.1 Å². The summed E-state index contributed by atoms with van der Waals surface area (Å²) in [7, 11) is 1.34. The number of carbonyl (C=O) groups excluding carboxylic acids is 2. The fourth-order valence-corrected chi connectivity index (χ4v) is 2.66. The van der Waals surface area contributed by atoms with Gasteiger partial charge < -0.3 is 15.4 Å². The van der Waals surface area contributed by atoms with Crippen LogP contribution in [0.1, 0.15) is 31.8 Å². The summed E-state index contributed by atoms with van der Waals surface area (Å²) in [4.78, 5) is 28.4. The lowest BCUT2D eigenvalue weighted by Crippen LogP contribution is -2.13. The van der Waals surface area contributed by atoms with E-state index >= 15 is 0 Å². The van der Waals surface area contributed by atoms with Crippen LogP contribution in [0.3, 0.4) is 0 Å².